The molecule has 21 heavy (non-hydrogen) atoms. The van der Waals surface area contributed by atoms with Gasteiger partial charge >= 0.3 is 0 Å². The average molecular weight is 292 g/mol. The number of amides is 1. The quantitative estimate of drug-likeness (QED) is 0.870. The fourth-order valence-electron chi connectivity index (χ4n) is 2.21. The van der Waals surface area contributed by atoms with Crippen LogP contribution in [-0.2, 0) is 20.8 Å². The Labute approximate surface area is 126 Å². The largest absolute Gasteiger partial charge is 0.379 e. The van der Waals surface area contributed by atoms with Crippen LogP contribution in [0.15, 0.2) is 24.3 Å². The number of benzene rings is 1. The SMILES string of the molecule is CC(C)OCC(=O)Nc1ccccc1CN1CCOCC1. The third kappa shape index (κ3) is 5.46. The molecule has 0 aromatic heterocycles. The topological polar surface area (TPSA) is 50.8 Å². The lowest BCUT2D eigenvalue weighted by molar-refractivity contribution is -0.121. The zero-order valence-corrected chi connectivity index (χ0v) is 12.8. The first-order valence-corrected chi connectivity index (χ1v) is 7.44. The first kappa shape index (κ1) is 15.9. The van der Waals surface area contributed by atoms with Crippen LogP contribution in [0.4, 0.5) is 5.69 Å². The number of morpholine rings is 1. The Morgan fingerprint density at radius 3 is 2.76 bits per heavy atom. The lowest BCUT2D eigenvalue weighted by Crippen LogP contribution is -2.36. The molecule has 0 spiro atoms. The van der Waals surface area contributed by atoms with Gasteiger partial charge < -0.3 is 14.8 Å². The third-order valence-electron chi connectivity index (χ3n) is 3.34. The summed E-state index contributed by atoms with van der Waals surface area (Å²) in [6.07, 6.45) is 0.0549. The normalized spacial score (nSPS) is 16.1. The van der Waals surface area contributed by atoms with Crippen LogP contribution >= 0.6 is 0 Å². The first-order chi connectivity index (χ1) is 10.1. The summed E-state index contributed by atoms with van der Waals surface area (Å²) in [4.78, 5) is 14.2. The Morgan fingerprint density at radius 2 is 2.05 bits per heavy atom. The summed E-state index contributed by atoms with van der Waals surface area (Å²) >= 11 is 0. The number of carbonyl (C=O) groups is 1. The number of hydrogen-bond acceptors (Lipinski definition) is 4. The summed E-state index contributed by atoms with van der Waals surface area (Å²) in [5, 5.41) is 2.93. The number of para-hydroxylation sites is 1. The molecule has 0 radical (unpaired) electrons. The van der Waals surface area contributed by atoms with Crippen LogP contribution in [-0.4, -0.2) is 49.8 Å². The molecule has 1 amide bonds. The molecule has 1 aliphatic heterocycles. The van der Waals surface area contributed by atoms with Gasteiger partial charge in [0, 0.05) is 25.3 Å². The van der Waals surface area contributed by atoms with Crippen molar-refractivity contribution in [2.45, 2.75) is 26.5 Å². The van der Waals surface area contributed by atoms with E-state index in [2.05, 4.69) is 10.2 Å². The van der Waals surface area contributed by atoms with Gasteiger partial charge in [0.2, 0.25) is 5.91 Å². The van der Waals surface area contributed by atoms with E-state index in [4.69, 9.17) is 9.47 Å². The van der Waals surface area contributed by atoms with Crippen LogP contribution < -0.4 is 5.32 Å². The molecule has 0 aliphatic carbocycles. The highest BCUT2D eigenvalue weighted by atomic mass is 16.5. The van der Waals surface area contributed by atoms with Gasteiger partial charge in [-0.05, 0) is 25.5 Å². The molecule has 0 saturated carbocycles. The van der Waals surface area contributed by atoms with Crippen molar-refractivity contribution in [3.05, 3.63) is 29.8 Å². The molecular formula is C16H24N2O3. The minimum atomic E-state index is -0.113. The van der Waals surface area contributed by atoms with Crippen LogP contribution in [0.1, 0.15) is 19.4 Å². The number of hydrogen-bond donors (Lipinski definition) is 1. The summed E-state index contributed by atoms with van der Waals surface area (Å²) in [5.74, 6) is -0.113. The number of nitrogens with zero attached hydrogens (tertiary/aromatic N) is 1. The molecule has 5 heteroatoms. The molecule has 1 aliphatic rings. The fraction of sp³-hybridized carbons (Fsp3) is 0.562. The number of ether oxygens (including phenoxy) is 2. The van der Waals surface area contributed by atoms with E-state index in [-0.39, 0.29) is 18.6 Å². The maximum absolute atomic E-state index is 11.9. The maximum atomic E-state index is 11.9. The molecule has 1 fully saturated rings. The minimum absolute atomic E-state index is 0.0549. The summed E-state index contributed by atoms with van der Waals surface area (Å²) in [6.45, 7) is 8.15. The van der Waals surface area contributed by atoms with Crippen LogP contribution in [0.25, 0.3) is 0 Å². The Balaban J connectivity index is 1.94. The van der Waals surface area contributed by atoms with Crippen LogP contribution in [0.2, 0.25) is 0 Å². The van der Waals surface area contributed by atoms with E-state index in [9.17, 15) is 4.79 Å². The molecule has 1 saturated heterocycles. The van der Waals surface area contributed by atoms with Crippen LogP contribution in [0.3, 0.4) is 0 Å². The lowest BCUT2D eigenvalue weighted by Gasteiger charge is -2.27. The molecule has 1 aromatic rings. The minimum Gasteiger partial charge on any atom is -0.379 e. The van der Waals surface area contributed by atoms with Crippen molar-refractivity contribution in [1.29, 1.82) is 0 Å². The first-order valence-electron chi connectivity index (χ1n) is 7.44. The van der Waals surface area contributed by atoms with Crippen molar-refractivity contribution in [2.75, 3.05) is 38.2 Å². The predicted molar refractivity (Wildman–Crippen MR) is 82.3 cm³/mol. The number of anilines is 1. The summed E-state index contributed by atoms with van der Waals surface area (Å²) < 4.78 is 10.7. The highest BCUT2D eigenvalue weighted by Gasteiger charge is 2.13. The van der Waals surface area contributed by atoms with E-state index in [0.29, 0.717) is 0 Å². The maximum Gasteiger partial charge on any atom is 0.250 e. The zero-order chi connectivity index (χ0) is 15.1. The molecule has 0 unspecified atom stereocenters. The van der Waals surface area contributed by atoms with E-state index in [1.165, 1.54) is 0 Å². The van der Waals surface area contributed by atoms with Crippen molar-refractivity contribution in [2.24, 2.45) is 0 Å². The van der Waals surface area contributed by atoms with E-state index in [0.717, 1.165) is 44.1 Å². The van der Waals surface area contributed by atoms with Crippen molar-refractivity contribution in [3.8, 4) is 0 Å². The standard InChI is InChI=1S/C16H24N2O3/c1-13(2)21-12-16(19)17-15-6-4-3-5-14(15)11-18-7-9-20-10-8-18/h3-6,13H,7-12H2,1-2H3,(H,17,19). The Morgan fingerprint density at radius 1 is 1.33 bits per heavy atom. The number of rotatable bonds is 6. The molecule has 116 valence electrons. The highest BCUT2D eigenvalue weighted by Crippen LogP contribution is 2.18. The van der Waals surface area contributed by atoms with Gasteiger partial charge in [0.05, 0.1) is 19.3 Å². The van der Waals surface area contributed by atoms with Gasteiger partial charge in [-0.15, -0.1) is 0 Å². The van der Waals surface area contributed by atoms with Crippen molar-refractivity contribution >= 4 is 11.6 Å². The van der Waals surface area contributed by atoms with Crippen molar-refractivity contribution in [1.82, 2.24) is 4.90 Å². The van der Waals surface area contributed by atoms with Gasteiger partial charge in [0.25, 0.3) is 0 Å². The van der Waals surface area contributed by atoms with Gasteiger partial charge in [0.1, 0.15) is 6.61 Å². The molecule has 1 heterocycles. The van der Waals surface area contributed by atoms with Crippen LogP contribution in [0.5, 0.6) is 0 Å². The summed E-state index contributed by atoms with van der Waals surface area (Å²) in [6, 6.07) is 7.91. The average Bonchev–Trinajstić information content (AvgIpc) is 2.48. The second-order valence-electron chi connectivity index (χ2n) is 5.45. The Kier molecular flexibility index (Phi) is 6.17. The van der Waals surface area contributed by atoms with E-state index in [1.54, 1.807) is 0 Å². The molecular weight excluding hydrogens is 268 g/mol. The Bertz CT molecular complexity index is 457. The molecule has 1 N–H and O–H groups in total. The third-order valence-corrected chi connectivity index (χ3v) is 3.34. The van der Waals surface area contributed by atoms with Gasteiger partial charge in [-0.25, -0.2) is 0 Å². The summed E-state index contributed by atoms with van der Waals surface area (Å²) in [5.41, 5.74) is 1.98. The van der Waals surface area contributed by atoms with Gasteiger partial charge in [-0.2, -0.15) is 0 Å². The van der Waals surface area contributed by atoms with Gasteiger partial charge in [-0.1, -0.05) is 18.2 Å². The van der Waals surface area contributed by atoms with Crippen molar-refractivity contribution < 1.29 is 14.3 Å². The van der Waals surface area contributed by atoms with E-state index < -0.39 is 0 Å². The lowest BCUT2D eigenvalue weighted by atomic mass is 10.1. The number of carbonyl (C=O) groups excluding carboxylic acids is 1. The molecule has 2 rings (SSSR count). The molecule has 1 aromatic carbocycles. The van der Waals surface area contributed by atoms with E-state index >= 15 is 0 Å². The second-order valence-corrected chi connectivity index (χ2v) is 5.45. The van der Waals surface area contributed by atoms with Gasteiger partial charge in [-0.3, -0.25) is 9.69 Å². The zero-order valence-electron chi connectivity index (χ0n) is 12.8. The predicted octanol–water partition coefficient (Wildman–Crippen LogP) is 1.88. The smallest absolute Gasteiger partial charge is 0.250 e. The van der Waals surface area contributed by atoms with Gasteiger partial charge in [0.15, 0.2) is 0 Å². The molecule has 0 bridgehead atoms. The Hall–Kier alpha value is -1.43. The van der Waals surface area contributed by atoms with Crippen molar-refractivity contribution in [3.63, 3.8) is 0 Å². The fourth-order valence-corrected chi connectivity index (χ4v) is 2.21. The molecule has 5 nitrogen and oxygen atoms in total. The highest BCUT2D eigenvalue weighted by molar-refractivity contribution is 5.92. The number of nitrogens with one attached hydrogen (secondary N) is 1. The summed E-state index contributed by atoms with van der Waals surface area (Å²) in [7, 11) is 0. The molecule has 0 atom stereocenters. The second kappa shape index (κ2) is 8.12. The van der Waals surface area contributed by atoms with E-state index in [1.807, 2.05) is 38.1 Å². The monoisotopic (exact) mass is 292 g/mol. The van der Waals surface area contributed by atoms with Crippen LogP contribution in [0, 0.1) is 0 Å².